The van der Waals surface area contributed by atoms with E-state index in [1.54, 1.807) is 0 Å². The molecule has 0 radical (unpaired) electrons. The van der Waals surface area contributed by atoms with Gasteiger partial charge in [-0.3, -0.25) is 0 Å². The van der Waals surface area contributed by atoms with Crippen LogP contribution in [-0.2, 0) is 0 Å². The van der Waals surface area contributed by atoms with Crippen molar-refractivity contribution in [2.24, 2.45) is 5.92 Å². The summed E-state index contributed by atoms with van der Waals surface area (Å²) >= 11 is 0. The Morgan fingerprint density at radius 3 is 2.14 bits per heavy atom. The van der Waals surface area contributed by atoms with Gasteiger partial charge in [0.1, 0.15) is 0 Å². The molecule has 4 unspecified atom stereocenters. The summed E-state index contributed by atoms with van der Waals surface area (Å²) < 4.78 is 4.73. The van der Waals surface area contributed by atoms with E-state index in [0.717, 1.165) is 0 Å². The zero-order valence-corrected chi connectivity index (χ0v) is 30.7. The van der Waals surface area contributed by atoms with Gasteiger partial charge in [0.05, 0.1) is 28.6 Å². The maximum atomic E-state index is 2.54. The minimum absolute atomic E-state index is 0.227. The molecule has 12 rings (SSSR count). The highest BCUT2D eigenvalue weighted by molar-refractivity contribution is 6.11. The van der Waals surface area contributed by atoms with Crippen LogP contribution in [0.4, 0.5) is 17.1 Å². The standard InChI is InChI=1S/C52H38N4/c1-3-11-39(12-4-1)53-29-27-37-31-41(21-25-47(37)53)55-49-17-9-7-15-43(49)45-33-35(19-23-51(45)55)36-20-24-52-46(34-36)44-16-8-10-18-50(44)56(52)42-22-26-48-38(32-42)28-30-54(48)40-13-5-2-6-14-40/h1-34,37,44,47,50H. The second-order valence-electron chi connectivity index (χ2n) is 15.4. The van der Waals surface area contributed by atoms with E-state index in [1.807, 2.05) is 0 Å². The van der Waals surface area contributed by atoms with Crippen LogP contribution in [0.5, 0.6) is 0 Å². The molecule has 4 atom stereocenters. The summed E-state index contributed by atoms with van der Waals surface area (Å²) in [6.07, 6.45) is 23.0. The molecule has 4 heterocycles. The third-order valence-electron chi connectivity index (χ3n) is 12.4. The quantitative estimate of drug-likeness (QED) is 0.176. The van der Waals surface area contributed by atoms with Crippen molar-refractivity contribution >= 4 is 55.5 Å². The number of nitrogens with zero attached hydrogens (tertiary/aromatic N) is 4. The third kappa shape index (κ3) is 4.72. The smallest absolute Gasteiger partial charge is 0.0629 e. The van der Waals surface area contributed by atoms with Gasteiger partial charge in [-0.1, -0.05) is 109 Å². The number of aromatic nitrogens is 2. The van der Waals surface area contributed by atoms with E-state index >= 15 is 0 Å². The van der Waals surface area contributed by atoms with Crippen molar-refractivity contribution in [2.75, 3.05) is 9.80 Å². The summed E-state index contributed by atoms with van der Waals surface area (Å²) in [5.74, 6) is 0.586. The van der Waals surface area contributed by atoms with Crippen molar-refractivity contribution < 1.29 is 0 Å². The van der Waals surface area contributed by atoms with Gasteiger partial charge in [-0.2, -0.15) is 0 Å². The van der Waals surface area contributed by atoms with Crippen LogP contribution in [0.15, 0.2) is 207 Å². The lowest BCUT2D eigenvalue weighted by Gasteiger charge is -2.29. The summed E-state index contributed by atoms with van der Waals surface area (Å²) in [6, 6.07) is 53.9. The average Bonchev–Trinajstić information content (AvgIpc) is 4.04. The molecule has 0 fully saturated rings. The summed E-state index contributed by atoms with van der Waals surface area (Å²) in [5, 5.41) is 3.79. The molecule has 0 bridgehead atoms. The lowest BCUT2D eigenvalue weighted by molar-refractivity contribution is 0.701. The molecule has 266 valence electrons. The van der Waals surface area contributed by atoms with E-state index < -0.39 is 0 Å². The Kier molecular flexibility index (Phi) is 6.85. The third-order valence-corrected chi connectivity index (χ3v) is 12.4. The van der Waals surface area contributed by atoms with Crippen LogP contribution in [0.2, 0.25) is 0 Å². The fourth-order valence-electron chi connectivity index (χ4n) is 9.77. The number of rotatable bonds is 5. The number of anilines is 3. The SMILES string of the molecule is C1=CC2c3cc(-c4ccc5c(c4)c4ccccc4n5C4=CC5C=CN(c6ccccc6)C5C=C4)ccc3N(c3ccc4c(ccn4-c4ccccc4)c3)C2C=C1. The molecular formula is C52H38N4. The molecule has 2 aliphatic heterocycles. The second kappa shape index (κ2) is 12.2. The van der Waals surface area contributed by atoms with Gasteiger partial charge < -0.3 is 18.9 Å². The molecule has 0 spiro atoms. The predicted octanol–water partition coefficient (Wildman–Crippen LogP) is 12.6. The van der Waals surface area contributed by atoms with Crippen LogP contribution < -0.4 is 9.80 Å². The van der Waals surface area contributed by atoms with E-state index in [0.29, 0.717) is 5.92 Å². The summed E-state index contributed by atoms with van der Waals surface area (Å²) in [4.78, 5) is 4.92. The first-order valence-corrected chi connectivity index (χ1v) is 19.7. The predicted molar refractivity (Wildman–Crippen MR) is 234 cm³/mol. The van der Waals surface area contributed by atoms with Crippen molar-refractivity contribution in [3.63, 3.8) is 0 Å². The number of hydrogen-bond donors (Lipinski definition) is 0. The van der Waals surface area contributed by atoms with Crippen LogP contribution in [-0.4, -0.2) is 21.2 Å². The highest BCUT2D eigenvalue weighted by atomic mass is 15.2. The van der Waals surface area contributed by atoms with E-state index in [9.17, 15) is 0 Å². The minimum Gasteiger partial charge on any atom is -0.340 e. The highest BCUT2D eigenvalue weighted by Crippen LogP contribution is 2.49. The molecule has 8 aromatic rings. The molecule has 0 saturated carbocycles. The molecule has 0 saturated heterocycles. The second-order valence-corrected chi connectivity index (χ2v) is 15.4. The van der Waals surface area contributed by atoms with E-state index in [1.165, 1.54) is 77.8 Å². The van der Waals surface area contributed by atoms with Crippen molar-refractivity contribution in [1.29, 1.82) is 0 Å². The van der Waals surface area contributed by atoms with Gasteiger partial charge in [0.2, 0.25) is 0 Å². The molecule has 4 aliphatic rings. The van der Waals surface area contributed by atoms with Gasteiger partial charge in [0, 0.05) is 68.8 Å². The molecule has 4 nitrogen and oxygen atoms in total. The summed E-state index contributed by atoms with van der Waals surface area (Å²) in [7, 11) is 0. The molecule has 6 aromatic carbocycles. The molecule has 0 amide bonds. The minimum atomic E-state index is 0.227. The van der Waals surface area contributed by atoms with Crippen LogP contribution in [0, 0.1) is 5.92 Å². The highest BCUT2D eigenvalue weighted by Gasteiger charge is 2.38. The van der Waals surface area contributed by atoms with Crippen molar-refractivity contribution in [1.82, 2.24) is 9.13 Å². The van der Waals surface area contributed by atoms with E-state index in [-0.39, 0.29) is 18.0 Å². The monoisotopic (exact) mass is 718 g/mol. The van der Waals surface area contributed by atoms with Gasteiger partial charge in [0.25, 0.3) is 0 Å². The Labute approximate surface area is 326 Å². The van der Waals surface area contributed by atoms with E-state index in [4.69, 9.17) is 0 Å². The van der Waals surface area contributed by atoms with Gasteiger partial charge >= 0.3 is 0 Å². The van der Waals surface area contributed by atoms with Gasteiger partial charge in [-0.05, 0) is 102 Å². The average molecular weight is 719 g/mol. The molecule has 0 N–H and O–H groups in total. The number of para-hydroxylation sites is 3. The Morgan fingerprint density at radius 2 is 1.25 bits per heavy atom. The van der Waals surface area contributed by atoms with Crippen molar-refractivity contribution in [3.8, 4) is 16.8 Å². The van der Waals surface area contributed by atoms with Crippen LogP contribution in [0.1, 0.15) is 11.5 Å². The lowest BCUT2D eigenvalue weighted by atomic mass is 9.89. The maximum Gasteiger partial charge on any atom is 0.0629 e. The van der Waals surface area contributed by atoms with Crippen molar-refractivity contribution in [3.05, 3.63) is 212 Å². The first-order chi connectivity index (χ1) is 27.8. The first kappa shape index (κ1) is 31.3. The lowest BCUT2D eigenvalue weighted by Crippen LogP contribution is -2.30. The topological polar surface area (TPSA) is 16.3 Å². The number of fused-ring (bicyclic) bond motifs is 8. The largest absolute Gasteiger partial charge is 0.340 e. The Hall–Kier alpha value is -7.04. The zero-order chi connectivity index (χ0) is 36.7. The van der Waals surface area contributed by atoms with Crippen LogP contribution in [0.25, 0.3) is 55.2 Å². The fraction of sp³-hybridized carbons (Fsp3) is 0.0769. The maximum absolute atomic E-state index is 2.54. The van der Waals surface area contributed by atoms with Crippen LogP contribution >= 0.6 is 0 Å². The number of allylic oxidation sites excluding steroid dienone is 4. The van der Waals surface area contributed by atoms with Crippen LogP contribution in [0.3, 0.4) is 0 Å². The molecule has 2 aromatic heterocycles. The van der Waals surface area contributed by atoms with Crippen molar-refractivity contribution in [2.45, 2.75) is 18.0 Å². The van der Waals surface area contributed by atoms with Gasteiger partial charge in [-0.25, -0.2) is 0 Å². The Balaban J connectivity index is 0.911. The Bertz CT molecular complexity index is 3010. The molecule has 56 heavy (non-hydrogen) atoms. The number of hydrogen-bond acceptors (Lipinski definition) is 2. The molecular weight excluding hydrogens is 681 g/mol. The number of benzene rings is 6. The first-order valence-electron chi connectivity index (χ1n) is 19.7. The fourth-order valence-corrected chi connectivity index (χ4v) is 9.77. The van der Waals surface area contributed by atoms with Gasteiger partial charge in [-0.15, -0.1) is 0 Å². The zero-order valence-electron chi connectivity index (χ0n) is 30.7. The molecule has 2 aliphatic carbocycles. The summed E-state index contributed by atoms with van der Waals surface area (Å²) in [6.45, 7) is 0. The molecule has 4 heteroatoms. The van der Waals surface area contributed by atoms with E-state index in [2.05, 4.69) is 226 Å². The summed E-state index contributed by atoms with van der Waals surface area (Å²) in [5.41, 5.74) is 13.7. The Morgan fingerprint density at radius 1 is 0.500 bits per heavy atom. The van der Waals surface area contributed by atoms with Gasteiger partial charge in [0.15, 0.2) is 0 Å². The normalized spacial score (nSPS) is 20.6.